The number of hydrogen-bond acceptors (Lipinski definition) is 5. The van der Waals surface area contributed by atoms with Crippen LogP contribution in [0.5, 0.6) is 11.5 Å². The Labute approximate surface area is 218 Å². The monoisotopic (exact) mass is 547 g/mol. The Hall–Kier alpha value is -3.91. The summed E-state index contributed by atoms with van der Waals surface area (Å²) in [5.74, 6) is 0.388. The molecule has 1 heterocycles. The van der Waals surface area contributed by atoms with Crippen LogP contribution in [0, 0.1) is 6.92 Å². The zero-order valence-electron chi connectivity index (χ0n) is 20.2. The summed E-state index contributed by atoms with van der Waals surface area (Å²) in [6.07, 6.45) is 1.77. The number of carbonyl (C=O) groups excluding carboxylic acids is 2. The van der Waals surface area contributed by atoms with E-state index in [9.17, 15) is 9.59 Å². The average Bonchev–Trinajstić information content (AvgIpc) is 3.15. The molecule has 1 N–H and O–H groups in total. The van der Waals surface area contributed by atoms with Crippen molar-refractivity contribution in [1.82, 2.24) is 0 Å². The Morgan fingerprint density at radius 2 is 1.72 bits per heavy atom. The molecule has 184 valence electrons. The molecule has 8 heteroatoms. The number of carbonyl (C=O) groups is 2. The number of benzene rings is 3. The maximum absolute atomic E-state index is 13.1. The number of nitrogens with zero attached hydrogens (tertiary/aromatic N) is 2. The van der Waals surface area contributed by atoms with E-state index in [0.29, 0.717) is 45.2 Å². The molecule has 2 amide bonds. The number of hydrogen-bond donors (Lipinski definition) is 1. The standard InChI is InChI=1S/C28H26BrN3O4/c1-4-35-25-15-20(14-23-19(3)31-32(28(23)34)22-8-6-5-7-9-22)24(29)16-26(25)36-17-27(33)30-21-12-10-18(2)11-13-21/h5-16H,4,17H2,1-3H3,(H,30,33)/b23-14+. The molecule has 0 aliphatic carbocycles. The number of aryl methyl sites for hydroxylation is 1. The quantitative estimate of drug-likeness (QED) is 0.352. The molecule has 4 rings (SSSR count). The van der Waals surface area contributed by atoms with Crippen molar-refractivity contribution in [3.05, 3.63) is 87.9 Å². The third-order valence-corrected chi connectivity index (χ3v) is 6.11. The van der Waals surface area contributed by atoms with Gasteiger partial charge in [-0.2, -0.15) is 10.1 Å². The highest BCUT2D eigenvalue weighted by Gasteiger charge is 2.29. The Bertz CT molecular complexity index is 1330. The van der Waals surface area contributed by atoms with Crippen LogP contribution in [0.4, 0.5) is 11.4 Å². The van der Waals surface area contributed by atoms with Crippen LogP contribution in [-0.4, -0.2) is 30.7 Å². The van der Waals surface area contributed by atoms with E-state index in [0.717, 1.165) is 11.1 Å². The first-order chi connectivity index (χ1) is 17.4. The Balaban J connectivity index is 1.52. The second-order valence-corrected chi connectivity index (χ2v) is 9.01. The molecule has 7 nitrogen and oxygen atoms in total. The SMILES string of the molecule is CCOc1cc(/C=C2/C(=O)N(c3ccccc3)N=C2C)c(Br)cc1OCC(=O)Nc1ccc(C)cc1. The predicted octanol–water partition coefficient (Wildman–Crippen LogP) is 5.98. The lowest BCUT2D eigenvalue weighted by atomic mass is 10.1. The summed E-state index contributed by atoms with van der Waals surface area (Å²) >= 11 is 3.56. The van der Waals surface area contributed by atoms with Gasteiger partial charge in [-0.1, -0.05) is 51.8 Å². The Morgan fingerprint density at radius 3 is 2.42 bits per heavy atom. The summed E-state index contributed by atoms with van der Waals surface area (Å²) in [5.41, 5.74) is 4.33. The lowest BCUT2D eigenvalue weighted by Crippen LogP contribution is -2.21. The van der Waals surface area contributed by atoms with Crippen molar-refractivity contribution in [3.8, 4) is 11.5 Å². The number of halogens is 1. The minimum Gasteiger partial charge on any atom is -0.490 e. The fourth-order valence-corrected chi connectivity index (χ4v) is 4.04. The first kappa shape index (κ1) is 25.2. The second kappa shape index (κ2) is 11.2. The van der Waals surface area contributed by atoms with Crippen molar-refractivity contribution in [2.45, 2.75) is 20.8 Å². The van der Waals surface area contributed by atoms with Crippen LogP contribution in [0.3, 0.4) is 0 Å². The van der Waals surface area contributed by atoms with E-state index in [4.69, 9.17) is 9.47 Å². The fraction of sp³-hybridized carbons (Fsp3) is 0.179. The molecular weight excluding hydrogens is 522 g/mol. The maximum atomic E-state index is 13.1. The van der Waals surface area contributed by atoms with Crippen LogP contribution in [0.25, 0.3) is 6.08 Å². The molecule has 3 aromatic rings. The Morgan fingerprint density at radius 1 is 1.03 bits per heavy atom. The van der Waals surface area contributed by atoms with Crippen molar-refractivity contribution in [1.29, 1.82) is 0 Å². The highest BCUT2D eigenvalue weighted by molar-refractivity contribution is 9.10. The molecule has 0 bridgehead atoms. The molecule has 0 unspecified atom stereocenters. The summed E-state index contributed by atoms with van der Waals surface area (Å²) in [5, 5.41) is 8.63. The van der Waals surface area contributed by atoms with Crippen LogP contribution < -0.4 is 19.8 Å². The van der Waals surface area contributed by atoms with Crippen molar-refractivity contribution in [2.24, 2.45) is 5.10 Å². The molecule has 0 radical (unpaired) electrons. The largest absolute Gasteiger partial charge is 0.490 e. The normalized spacial score (nSPS) is 14.1. The van der Waals surface area contributed by atoms with Gasteiger partial charge >= 0.3 is 0 Å². The van der Waals surface area contributed by atoms with Crippen LogP contribution >= 0.6 is 15.9 Å². The van der Waals surface area contributed by atoms with E-state index in [-0.39, 0.29) is 18.4 Å². The first-order valence-electron chi connectivity index (χ1n) is 11.5. The summed E-state index contributed by atoms with van der Waals surface area (Å²) in [7, 11) is 0. The lowest BCUT2D eigenvalue weighted by Gasteiger charge is -2.14. The van der Waals surface area contributed by atoms with E-state index in [1.165, 1.54) is 5.01 Å². The summed E-state index contributed by atoms with van der Waals surface area (Å²) < 4.78 is 12.2. The van der Waals surface area contributed by atoms with Gasteiger partial charge in [0.25, 0.3) is 11.8 Å². The van der Waals surface area contributed by atoms with Gasteiger partial charge in [0.05, 0.1) is 23.6 Å². The highest BCUT2D eigenvalue weighted by Crippen LogP contribution is 2.36. The summed E-state index contributed by atoms with van der Waals surface area (Å²) in [6.45, 7) is 5.87. The number of para-hydroxylation sites is 1. The molecule has 1 aliphatic rings. The third kappa shape index (κ3) is 5.83. The minimum absolute atomic E-state index is 0.183. The van der Waals surface area contributed by atoms with Gasteiger partial charge in [-0.3, -0.25) is 9.59 Å². The zero-order chi connectivity index (χ0) is 25.7. The van der Waals surface area contributed by atoms with Crippen molar-refractivity contribution in [3.63, 3.8) is 0 Å². The third-order valence-electron chi connectivity index (χ3n) is 5.42. The maximum Gasteiger partial charge on any atom is 0.280 e. The van der Waals surface area contributed by atoms with Gasteiger partial charge in [0.15, 0.2) is 18.1 Å². The van der Waals surface area contributed by atoms with Gasteiger partial charge in [-0.15, -0.1) is 0 Å². The van der Waals surface area contributed by atoms with Crippen LogP contribution in [0.2, 0.25) is 0 Å². The van der Waals surface area contributed by atoms with Gasteiger partial charge in [0.1, 0.15) is 0 Å². The van der Waals surface area contributed by atoms with E-state index >= 15 is 0 Å². The molecule has 0 saturated carbocycles. The van der Waals surface area contributed by atoms with Gasteiger partial charge in [-0.05, 0) is 68.8 Å². The highest BCUT2D eigenvalue weighted by atomic mass is 79.9. The number of amides is 2. The smallest absolute Gasteiger partial charge is 0.280 e. The van der Waals surface area contributed by atoms with Crippen molar-refractivity contribution in [2.75, 3.05) is 23.5 Å². The molecule has 0 saturated heterocycles. The summed E-state index contributed by atoms with van der Waals surface area (Å²) in [4.78, 5) is 25.5. The van der Waals surface area contributed by atoms with E-state index in [2.05, 4.69) is 26.3 Å². The number of rotatable bonds is 8. The fourth-order valence-electron chi connectivity index (χ4n) is 3.60. The lowest BCUT2D eigenvalue weighted by molar-refractivity contribution is -0.118. The van der Waals surface area contributed by atoms with Gasteiger partial charge in [0.2, 0.25) is 0 Å². The molecule has 3 aromatic carbocycles. The van der Waals surface area contributed by atoms with Gasteiger partial charge in [-0.25, -0.2) is 0 Å². The number of nitrogens with one attached hydrogen (secondary N) is 1. The number of hydrazone groups is 1. The zero-order valence-corrected chi connectivity index (χ0v) is 21.8. The van der Waals surface area contributed by atoms with Crippen LogP contribution in [0.15, 0.2) is 81.9 Å². The van der Waals surface area contributed by atoms with E-state index in [1.807, 2.05) is 68.4 Å². The molecule has 0 atom stereocenters. The number of anilines is 2. The predicted molar refractivity (Wildman–Crippen MR) is 146 cm³/mol. The van der Waals surface area contributed by atoms with Crippen molar-refractivity contribution >= 4 is 50.9 Å². The topological polar surface area (TPSA) is 80.2 Å². The second-order valence-electron chi connectivity index (χ2n) is 8.15. The average molecular weight is 548 g/mol. The molecule has 0 spiro atoms. The van der Waals surface area contributed by atoms with E-state index in [1.54, 1.807) is 25.1 Å². The Kier molecular flexibility index (Phi) is 7.85. The van der Waals surface area contributed by atoms with Gasteiger partial charge < -0.3 is 14.8 Å². The first-order valence-corrected chi connectivity index (χ1v) is 12.3. The molecule has 0 aromatic heterocycles. The van der Waals surface area contributed by atoms with Gasteiger partial charge in [0, 0.05) is 10.2 Å². The van der Waals surface area contributed by atoms with Crippen LogP contribution in [-0.2, 0) is 9.59 Å². The minimum atomic E-state index is -0.284. The molecule has 36 heavy (non-hydrogen) atoms. The van der Waals surface area contributed by atoms with E-state index < -0.39 is 0 Å². The molecule has 0 fully saturated rings. The summed E-state index contributed by atoms with van der Waals surface area (Å²) in [6, 6.07) is 20.3. The molecular formula is C28H26BrN3O4. The number of ether oxygens (including phenoxy) is 2. The molecule has 1 aliphatic heterocycles. The van der Waals surface area contributed by atoms with Crippen LogP contribution in [0.1, 0.15) is 25.0 Å². The van der Waals surface area contributed by atoms with Crippen molar-refractivity contribution < 1.29 is 19.1 Å².